The van der Waals surface area contributed by atoms with E-state index in [1.54, 1.807) is 0 Å². The molecule has 0 N–H and O–H groups in total. The van der Waals surface area contributed by atoms with Crippen molar-refractivity contribution in [2.75, 3.05) is 0 Å². The molecule has 0 nitrogen and oxygen atoms in total. The summed E-state index contributed by atoms with van der Waals surface area (Å²) in [5, 5.41) is 5.11. The zero-order chi connectivity index (χ0) is 48.0. The Balaban J connectivity index is 0.985. The van der Waals surface area contributed by atoms with Gasteiger partial charge in [0.25, 0.3) is 0 Å². The monoisotopic (exact) mass is 922 g/mol. The molecule has 17 rings (SSSR count). The average molecular weight is 923 g/mol. The van der Waals surface area contributed by atoms with E-state index >= 15 is 0 Å². The summed E-state index contributed by atoms with van der Waals surface area (Å²) in [6.45, 7) is 4.84. The lowest BCUT2D eigenvalue weighted by molar-refractivity contribution is 0.661. The largest absolute Gasteiger partial charge is 0.0725 e. The maximum Gasteiger partial charge on any atom is 0.0725 e. The predicted molar refractivity (Wildman–Crippen MR) is 302 cm³/mol. The van der Waals surface area contributed by atoms with Crippen LogP contribution in [0.25, 0.3) is 99.4 Å². The fourth-order valence-electron chi connectivity index (χ4n) is 15.5. The number of fused-ring (bicyclic) bond motifs is 25. The van der Waals surface area contributed by atoms with Crippen molar-refractivity contribution in [2.45, 2.75) is 30.1 Å². The third-order valence-electron chi connectivity index (χ3n) is 18.3. The lowest BCUT2D eigenvalue weighted by Crippen LogP contribution is -2.25. The van der Waals surface area contributed by atoms with Crippen LogP contribution in [0, 0.1) is 0 Å². The Kier molecular flexibility index (Phi) is 7.51. The molecule has 0 unspecified atom stereocenters. The van der Waals surface area contributed by atoms with Gasteiger partial charge in [0.15, 0.2) is 0 Å². The molecule has 73 heavy (non-hydrogen) atoms. The van der Waals surface area contributed by atoms with Gasteiger partial charge in [0.2, 0.25) is 0 Å². The van der Waals surface area contributed by atoms with Crippen LogP contribution in [-0.4, -0.2) is 0 Å². The van der Waals surface area contributed by atoms with Crippen molar-refractivity contribution >= 4 is 21.5 Å². The van der Waals surface area contributed by atoms with Gasteiger partial charge in [-0.15, -0.1) is 0 Å². The molecule has 0 bridgehead atoms. The van der Waals surface area contributed by atoms with E-state index in [1.807, 2.05) is 0 Å². The summed E-state index contributed by atoms with van der Waals surface area (Å²) in [7, 11) is 0. The maximum absolute atomic E-state index is 2.60. The van der Waals surface area contributed by atoms with Gasteiger partial charge in [-0.1, -0.05) is 232 Å². The smallest absolute Gasteiger partial charge is 0.0619 e. The first-order chi connectivity index (χ1) is 36.0. The number of hydrogen-bond acceptors (Lipinski definition) is 0. The first kappa shape index (κ1) is 39.8. The number of benzene rings is 12. The van der Waals surface area contributed by atoms with Crippen LogP contribution < -0.4 is 0 Å². The maximum atomic E-state index is 2.60. The van der Waals surface area contributed by atoms with Crippen LogP contribution in [0.3, 0.4) is 0 Å². The number of rotatable bonds is 2. The normalized spacial score (nSPS) is 15.3. The molecule has 0 heterocycles. The second-order valence-corrected chi connectivity index (χ2v) is 21.7. The third kappa shape index (κ3) is 4.66. The fraction of sp³-hybridized carbons (Fsp3) is 0.0685. The highest BCUT2D eigenvalue weighted by atomic mass is 14.5. The van der Waals surface area contributed by atoms with Crippen molar-refractivity contribution in [3.8, 4) is 77.9 Å². The van der Waals surface area contributed by atoms with Crippen molar-refractivity contribution in [1.29, 1.82) is 0 Å². The Morgan fingerprint density at radius 3 is 0.863 bits per heavy atom. The molecule has 0 heteroatoms. The Bertz CT molecular complexity index is 4350. The molecule has 0 aromatic heterocycles. The molecule has 12 aromatic rings. The fourth-order valence-corrected chi connectivity index (χ4v) is 15.5. The summed E-state index contributed by atoms with van der Waals surface area (Å²) in [6, 6.07) is 93.5. The average Bonchev–Trinajstić information content (AvgIpc) is 4.20. The molecule has 12 aromatic carbocycles. The van der Waals surface area contributed by atoms with Gasteiger partial charge < -0.3 is 0 Å². The van der Waals surface area contributed by atoms with Gasteiger partial charge in [0.1, 0.15) is 0 Å². The molecule has 0 fully saturated rings. The molecule has 0 atom stereocenters. The van der Waals surface area contributed by atoms with E-state index in [0.29, 0.717) is 0 Å². The van der Waals surface area contributed by atoms with E-state index in [-0.39, 0.29) is 5.41 Å². The SMILES string of the molecule is CC1(C)c2ccccc2-c2cc3c(-c4ccc5c(c4)C4(c6ccccc6-c6ccccc64)c4ccccc4-5)c4ccccc4c(-c4ccc5c(c4)C4(c6ccccc6-c6ccccc64)c4ccccc4-5)c3cc21. The summed E-state index contributed by atoms with van der Waals surface area (Å²) < 4.78 is 0. The van der Waals surface area contributed by atoms with E-state index in [9.17, 15) is 0 Å². The van der Waals surface area contributed by atoms with Crippen LogP contribution in [0.2, 0.25) is 0 Å². The van der Waals surface area contributed by atoms with Crippen molar-refractivity contribution in [3.63, 3.8) is 0 Å². The molecule has 0 saturated heterocycles. The lowest BCUT2D eigenvalue weighted by Gasteiger charge is -2.31. The quantitative estimate of drug-likeness (QED) is 0.152. The van der Waals surface area contributed by atoms with E-state index in [4.69, 9.17) is 0 Å². The Hall–Kier alpha value is -8.84. The van der Waals surface area contributed by atoms with Crippen LogP contribution in [0.1, 0.15) is 69.5 Å². The van der Waals surface area contributed by atoms with Gasteiger partial charge in [-0.25, -0.2) is 0 Å². The zero-order valence-corrected chi connectivity index (χ0v) is 40.6. The van der Waals surface area contributed by atoms with Crippen LogP contribution >= 0.6 is 0 Å². The minimum atomic E-state index is -0.444. The second-order valence-electron chi connectivity index (χ2n) is 21.7. The zero-order valence-electron chi connectivity index (χ0n) is 40.6. The highest BCUT2D eigenvalue weighted by Crippen LogP contribution is 2.66. The summed E-state index contributed by atoms with van der Waals surface area (Å²) in [4.78, 5) is 0. The lowest BCUT2D eigenvalue weighted by atomic mass is 9.70. The predicted octanol–water partition coefficient (Wildman–Crippen LogP) is 18.3. The highest BCUT2D eigenvalue weighted by molar-refractivity contribution is 6.23. The van der Waals surface area contributed by atoms with Gasteiger partial charge >= 0.3 is 0 Å². The molecule has 0 radical (unpaired) electrons. The molecule has 0 saturated carbocycles. The van der Waals surface area contributed by atoms with Gasteiger partial charge in [-0.3, -0.25) is 0 Å². The van der Waals surface area contributed by atoms with Crippen molar-refractivity contribution in [1.82, 2.24) is 0 Å². The van der Waals surface area contributed by atoms with E-state index in [0.717, 1.165) is 0 Å². The Labute approximate surface area is 425 Å². The van der Waals surface area contributed by atoms with Crippen molar-refractivity contribution in [2.24, 2.45) is 0 Å². The van der Waals surface area contributed by atoms with E-state index in [1.165, 1.54) is 155 Å². The summed E-state index contributed by atoms with van der Waals surface area (Å²) in [5.41, 5.74) is 30.9. The van der Waals surface area contributed by atoms with Gasteiger partial charge in [0.05, 0.1) is 10.8 Å². The van der Waals surface area contributed by atoms with Gasteiger partial charge in [0, 0.05) is 5.41 Å². The minimum Gasteiger partial charge on any atom is -0.0619 e. The van der Waals surface area contributed by atoms with Crippen LogP contribution in [0.4, 0.5) is 0 Å². The third-order valence-corrected chi connectivity index (χ3v) is 18.3. The molecular formula is C73H46. The molecule has 0 amide bonds. The second kappa shape index (κ2) is 13.8. The van der Waals surface area contributed by atoms with Crippen LogP contribution in [0.5, 0.6) is 0 Å². The topological polar surface area (TPSA) is 0 Å². The Morgan fingerprint density at radius 1 is 0.205 bits per heavy atom. The van der Waals surface area contributed by atoms with Gasteiger partial charge in [-0.05, 0) is 179 Å². The molecule has 5 aliphatic rings. The van der Waals surface area contributed by atoms with E-state index in [2.05, 4.69) is 257 Å². The molecule has 0 aliphatic heterocycles. The summed E-state index contributed by atoms with van der Waals surface area (Å²) >= 11 is 0. The summed E-state index contributed by atoms with van der Waals surface area (Å²) in [5.74, 6) is 0. The molecule has 2 spiro atoms. The molecular weight excluding hydrogens is 877 g/mol. The van der Waals surface area contributed by atoms with Crippen molar-refractivity contribution < 1.29 is 0 Å². The van der Waals surface area contributed by atoms with Gasteiger partial charge in [-0.2, -0.15) is 0 Å². The molecule has 5 aliphatic carbocycles. The van der Waals surface area contributed by atoms with E-state index < -0.39 is 10.8 Å². The minimum absolute atomic E-state index is 0.181. The molecule has 338 valence electrons. The van der Waals surface area contributed by atoms with Crippen LogP contribution in [-0.2, 0) is 16.2 Å². The highest BCUT2D eigenvalue weighted by Gasteiger charge is 2.53. The first-order valence-corrected chi connectivity index (χ1v) is 26.0. The van der Waals surface area contributed by atoms with Crippen molar-refractivity contribution in [3.05, 3.63) is 298 Å². The summed E-state index contributed by atoms with van der Waals surface area (Å²) in [6.07, 6.45) is 0. The first-order valence-electron chi connectivity index (χ1n) is 26.0. The number of hydrogen-bond donors (Lipinski definition) is 0. The Morgan fingerprint density at radius 2 is 0.493 bits per heavy atom. The van der Waals surface area contributed by atoms with Crippen LogP contribution in [0.15, 0.2) is 243 Å². The standard InChI is InChI=1S/C73H46/c1-71(2)59-28-12-5-25-51(59)56-41-57-58(42-66(56)71)70(44-36-38-53-50-24-11-18-34-65(50)73(68(53)40-44)62-31-15-8-21-47(62)48-22-9-16-32-63(48)73)55-27-4-3-26-54(55)69(57)43-35-37-52-49-23-10-17-33-64(49)72(67(52)39-43)60-29-13-6-19-45(60)46-20-7-14-30-61(46)72/h3-42H,1-2H3.